The van der Waals surface area contributed by atoms with Crippen molar-refractivity contribution in [3.63, 3.8) is 0 Å². The molecule has 4 aromatic rings. The van der Waals surface area contributed by atoms with Gasteiger partial charge in [-0.25, -0.2) is 4.68 Å². The number of aromatic nitrogens is 3. The molecule has 0 spiro atoms. The van der Waals surface area contributed by atoms with E-state index in [1.165, 1.54) is 0 Å². The van der Waals surface area contributed by atoms with Gasteiger partial charge in [0.1, 0.15) is 11.9 Å². The second kappa shape index (κ2) is 6.98. The highest BCUT2D eigenvalue weighted by Crippen LogP contribution is 2.28. The molecule has 5 nitrogen and oxygen atoms in total. The largest absolute Gasteiger partial charge is 0.484 e. The Morgan fingerprint density at radius 3 is 2.50 bits per heavy atom. The zero-order chi connectivity index (χ0) is 17.9. The standard InChI is InChI=1S/C21H20N4O/c1-15(22)21(16-5-3-2-4-6-16)26-19-7-8-20-17(13-19)14-24-25(20)18-9-11-23-12-10-18/h2-15,21H,22H2,1H3/t15-,21-/m0/s1. The molecule has 0 amide bonds. The van der Waals surface area contributed by atoms with Gasteiger partial charge in [-0.3, -0.25) is 4.98 Å². The van der Waals surface area contributed by atoms with Crippen LogP contribution < -0.4 is 10.5 Å². The Kier molecular flexibility index (Phi) is 4.37. The number of nitrogens with zero attached hydrogens (tertiary/aromatic N) is 3. The molecule has 0 aliphatic heterocycles. The van der Waals surface area contributed by atoms with E-state index in [4.69, 9.17) is 10.5 Å². The molecule has 0 saturated carbocycles. The third kappa shape index (κ3) is 3.17. The average molecular weight is 344 g/mol. The molecule has 0 radical (unpaired) electrons. The van der Waals surface area contributed by atoms with E-state index in [2.05, 4.69) is 10.1 Å². The zero-order valence-corrected chi connectivity index (χ0v) is 14.5. The predicted molar refractivity (Wildman–Crippen MR) is 102 cm³/mol. The minimum absolute atomic E-state index is 0.132. The maximum absolute atomic E-state index is 6.21. The van der Waals surface area contributed by atoms with Gasteiger partial charge in [-0.2, -0.15) is 5.10 Å². The van der Waals surface area contributed by atoms with Crippen molar-refractivity contribution in [1.29, 1.82) is 0 Å². The molecule has 0 bridgehead atoms. The van der Waals surface area contributed by atoms with Gasteiger partial charge < -0.3 is 10.5 Å². The van der Waals surface area contributed by atoms with Crippen molar-refractivity contribution >= 4 is 10.9 Å². The van der Waals surface area contributed by atoms with Crippen LogP contribution in [0.1, 0.15) is 18.6 Å². The molecule has 2 aromatic carbocycles. The molecular weight excluding hydrogens is 324 g/mol. The van der Waals surface area contributed by atoms with Gasteiger partial charge in [0.25, 0.3) is 0 Å². The van der Waals surface area contributed by atoms with Crippen molar-refractivity contribution in [2.75, 3.05) is 0 Å². The monoisotopic (exact) mass is 344 g/mol. The van der Waals surface area contributed by atoms with Crippen LogP contribution in [-0.4, -0.2) is 20.8 Å². The van der Waals surface area contributed by atoms with Crippen molar-refractivity contribution in [2.24, 2.45) is 5.73 Å². The van der Waals surface area contributed by atoms with Crippen molar-refractivity contribution in [2.45, 2.75) is 19.1 Å². The van der Waals surface area contributed by atoms with E-state index < -0.39 is 0 Å². The molecule has 0 fully saturated rings. The summed E-state index contributed by atoms with van der Waals surface area (Å²) >= 11 is 0. The van der Waals surface area contributed by atoms with Gasteiger partial charge in [0.05, 0.1) is 17.4 Å². The number of fused-ring (bicyclic) bond motifs is 1. The van der Waals surface area contributed by atoms with Crippen LogP contribution in [0, 0.1) is 0 Å². The molecule has 4 rings (SSSR count). The lowest BCUT2D eigenvalue weighted by molar-refractivity contribution is 0.180. The third-order valence-corrected chi connectivity index (χ3v) is 4.32. The highest BCUT2D eigenvalue weighted by Gasteiger charge is 2.18. The van der Waals surface area contributed by atoms with Crippen LogP contribution in [0.4, 0.5) is 0 Å². The Morgan fingerprint density at radius 1 is 1.00 bits per heavy atom. The Bertz CT molecular complexity index is 996. The lowest BCUT2D eigenvalue weighted by Crippen LogP contribution is -2.29. The van der Waals surface area contributed by atoms with E-state index in [1.54, 1.807) is 12.4 Å². The molecule has 0 aliphatic rings. The molecule has 0 aliphatic carbocycles. The van der Waals surface area contributed by atoms with Crippen LogP contribution in [-0.2, 0) is 0 Å². The minimum Gasteiger partial charge on any atom is -0.484 e. The molecule has 2 heterocycles. The van der Waals surface area contributed by atoms with Crippen LogP contribution in [0.25, 0.3) is 16.6 Å². The summed E-state index contributed by atoms with van der Waals surface area (Å²) in [6.07, 6.45) is 5.15. The Morgan fingerprint density at radius 2 is 1.77 bits per heavy atom. The summed E-state index contributed by atoms with van der Waals surface area (Å²) < 4.78 is 8.10. The van der Waals surface area contributed by atoms with Gasteiger partial charge in [0.15, 0.2) is 0 Å². The highest BCUT2D eigenvalue weighted by molar-refractivity contribution is 5.81. The first-order chi connectivity index (χ1) is 12.7. The van der Waals surface area contributed by atoms with Gasteiger partial charge in [0, 0.05) is 23.8 Å². The number of hydrogen-bond donors (Lipinski definition) is 1. The highest BCUT2D eigenvalue weighted by atomic mass is 16.5. The van der Waals surface area contributed by atoms with E-state index in [0.717, 1.165) is 27.9 Å². The number of nitrogens with two attached hydrogens (primary N) is 1. The topological polar surface area (TPSA) is 66.0 Å². The minimum atomic E-state index is -0.205. The summed E-state index contributed by atoms with van der Waals surface area (Å²) in [6.45, 7) is 1.96. The average Bonchev–Trinajstić information content (AvgIpc) is 3.10. The molecule has 2 atom stereocenters. The Hall–Kier alpha value is -3.18. The SMILES string of the molecule is C[C@H](N)[C@H](Oc1ccc2c(cnn2-c2ccncc2)c1)c1ccccc1. The summed E-state index contributed by atoms with van der Waals surface area (Å²) in [4.78, 5) is 4.05. The van der Waals surface area contributed by atoms with Gasteiger partial charge in [0.2, 0.25) is 0 Å². The Labute approximate surface area is 152 Å². The summed E-state index contributed by atoms with van der Waals surface area (Å²) in [7, 11) is 0. The molecule has 0 unspecified atom stereocenters. The van der Waals surface area contributed by atoms with Crippen LogP contribution in [0.2, 0.25) is 0 Å². The van der Waals surface area contributed by atoms with Crippen molar-refractivity contribution < 1.29 is 4.74 Å². The van der Waals surface area contributed by atoms with E-state index in [0.29, 0.717) is 0 Å². The van der Waals surface area contributed by atoms with E-state index >= 15 is 0 Å². The second-order valence-electron chi connectivity index (χ2n) is 6.29. The third-order valence-electron chi connectivity index (χ3n) is 4.32. The normalized spacial score (nSPS) is 13.5. The van der Waals surface area contributed by atoms with E-state index in [1.807, 2.05) is 78.5 Å². The molecule has 0 saturated heterocycles. The zero-order valence-electron chi connectivity index (χ0n) is 14.5. The van der Waals surface area contributed by atoms with Crippen molar-refractivity contribution in [3.8, 4) is 11.4 Å². The van der Waals surface area contributed by atoms with Crippen molar-refractivity contribution in [3.05, 3.63) is 84.8 Å². The fourth-order valence-corrected chi connectivity index (χ4v) is 3.04. The summed E-state index contributed by atoms with van der Waals surface area (Å²) in [5, 5.41) is 5.50. The predicted octanol–water partition coefficient (Wildman–Crippen LogP) is 3.89. The maximum atomic E-state index is 6.21. The molecule has 130 valence electrons. The smallest absolute Gasteiger partial charge is 0.138 e. The molecule has 2 aromatic heterocycles. The molecule has 5 heteroatoms. The van der Waals surface area contributed by atoms with E-state index in [9.17, 15) is 0 Å². The van der Waals surface area contributed by atoms with Gasteiger partial charge in [-0.05, 0) is 42.8 Å². The van der Waals surface area contributed by atoms with Crippen LogP contribution in [0.3, 0.4) is 0 Å². The van der Waals surface area contributed by atoms with Gasteiger partial charge in [-0.15, -0.1) is 0 Å². The quantitative estimate of drug-likeness (QED) is 0.596. The maximum Gasteiger partial charge on any atom is 0.138 e. The Balaban J connectivity index is 1.66. The molecule has 26 heavy (non-hydrogen) atoms. The van der Waals surface area contributed by atoms with Crippen LogP contribution in [0.15, 0.2) is 79.3 Å². The number of ether oxygens (including phenoxy) is 1. The first-order valence-corrected chi connectivity index (χ1v) is 8.58. The number of hydrogen-bond acceptors (Lipinski definition) is 4. The van der Waals surface area contributed by atoms with Crippen molar-refractivity contribution in [1.82, 2.24) is 14.8 Å². The number of pyridine rings is 1. The van der Waals surface area contributed by atoms with E-state index in [-0.39, 0.29) is 12.1 Å². The van der Waals surface area contributed by atoms with Crippen LogP contribution >= 0.6 is 0 Å². The lowest BCUT2D eigenvalue weighted by atomic mass is 10.0. The second-order valence-corrected chi connectivity index (χ2v) is 6.29. The van der Waals surface area contributed by atoms with Gasteiger partial charge in [-0.1, -0.05) is 30.3 Å². The first-order valence-electron chi connectivity index (χ1n) is 8.58. The number of rotatable bonds is 5. The van der Waals surface area contributed by atoms with Gasteiger partial charge >= 0.3 is 0 Å². The van der Waals surface area contributed by atoms with Crippen LogP contribution in [0.5, 0.6) is 5.75 Å². The number of benzene rings is 2. The fourth-order valence-electron chi connectivity index (χ4n) is 3.04. The molecular formula is C21H20N4O. The fraction of sp³-hybridized carbons (Fsp3) is 0.143. The summed E-state index contributed by atoms with van der Waals surface area (Å²) in [5.74, 6) is 0.776. The summed E-state index contributed by atoms with van der Waals surface area (Å²) in [5.41, 5.74) is 9.21. The molecule has 2 N–H and O–H groups in total. The lowest BCUT2D eigenvalue weighted by Gasteiger charge is -2.23. The first kappa shape index (κ1) is 16.3. The summed E-state index contributed by atoms with van der Waals surface area (Å²) in [6, 6.07) is 19.7.